The van der Waals surface area contributed by atoms with Crippen molar-refractivity contribution in [2.45, 2.75) is 51.0 Å². The number of aryl methyl sites for hydroxylation is 3. The summed E-state index contributed by atoms with van der Waals surface area (Å²) in [5, 5.41) is 8.99. The first-order chi connectivity index (χ1) is 9.70. The van der Waals surface area contributed by atoms with E-state index in [1.165, 1.54) is 0 Å². The predicted molar refractivity (Wildman–Crippen MR) is 79.7 cm³/mol. The van der Waals surface area contributed by atoms with Crippen LogP contribution in [0.4, 0.5) is 0 Å². The van der Waals surface area contributed by atoms with Crippen LogP contribution in [0.1, 0.15) is 36.0 Å². The van der Waals surface area contributed by atoms with E-state index in [0.29, 0.717) is 35.3 Å². The molecule has 1 aromatic rings. The molecule has 0 spiro atoms. The number of carboxylic acids is 1. The molecule has 2 N–H and O–H groups in total. The van der Waals surface area contributed by atoms with Gasteiger partial charge in [-0.1, -0.05) is 17.7 Å². The van der Waals surface area contributed by atoms with Crippen molar-refractivity contribution in [3.05, 3.63) is 28.8 Å². The first-order valence-electron chi connectivity index (χ1n) is 7.03. The third-order valence-electron chi connectivity index (χ3n) is 3.98. The van der Waals surface area contributed by atoms with Crippen molar-refractivity contribution in [2.24, 2.45) is 5.92 Å². The highest BCUT2D eigenvalue weighted by Crippen LogP contribution is 2.28. The number of hydrogen-bond acceptors (Lipinski definition) is 3. The average molecular weight is 311 g/mol. The maximum Gasteiger partial charge on any atom is 0.306 e. The van der Waals surface area contributed by atoms with Crippen LogP contribution >= 0.6 is 0 Å². The van der Waals surface area contributed by atoms with Crippen LogP contribution in [-0.4, -0.2) is 25.5 Å². The Balaban J connectivity index is 2.22. The molecule has 0 aliphatic heterocycles. The van der Waals surface area contributed by atoms with Gasteiger partial charge in [-0.05, 0) is 51.2 Å². The molecular weight excluding hydrogens is 290 g/mol. The second-order valence-electron chi connectivity index (χ2n) is 5.89. The van der Waals surface area contributed by atoms with Crippen LogP contribution in [0.3, 0.4) is 0 Å². The number of sulfonamides is 1. The average Bonchev–Trinajstić information content (AvgIpc) is 2.74. The summed E-state index contributed by atoms with van der Waals surface area (Å²) >= 11 is 0. The topological polar surface area (TPSA) is 83.5 Å². The van der Waals surface area contributed by atoms with Crippen LogP contribution in [0.5, 0.6) is 0 Å². The Labute approximate surface area is 125 Å². The minimum absolute atomic E-state index is 0.295. The molecule has 6 heteroatoms. The molecule has 1 saturated carbocycles. The molecule has 1 aromatic carbocycles. The molecule has 116 valence electrons. The Morgan fingerprint density at radius 2 is 1.76 bits per heavy atom. The zero-order valence-corrected chi connectivity index (χ0v) is 13.3. The number of benzene rings is 1. The van der Waals surface area contributed by atoms with Crippen molar-refractivity contribution in [1.29, 1.82) is 0 Å². The Morgan fingerprint density at radius 1 is 1.19 bits per heavy atom. The molecule has 1 aliphatic carbocycles. The predicted octanol–water partition coefficient (Wildman–Crippen LogP) is 2.14. The van der Waals surface area contributed by atoms with Crippen LogP contribution in [-0.2, 0) is 14.8 Å². The van der Waals surface area contributed by atoms with E-state index in [-0.39, 0.29) is 6.04 Å². The number of carboxylic acid groups (broad SMARTS) is 1. The number of rotatable bonds is 4. The molecule has 1 aliphatic rings. The van der Waals surface area contributed by atoms with Gasteiger partial charge in [0.05, 0.1) is 10.8 Å². The molecule has 0 bridgehead atoms. The molecule has 0 heterocycles. The fraction of sp³-hybridized carbons (Fsp3) is 0.533. The summed E-state index contributed by atoms with van der Waals surface area (Å²) in [5.74, 6) is -1.29. The van der Waals surface area contributed by atoms with Crippen LogP contribution < -0.4 is 4.72 Å². The molecular formula is C15H21NO4S. The van der Waals surface area contributed by atoms with E-state index in [9.17, 15) is 13.2 Å². The first-order valence-corrected chi connectivity index (χ1v) is 8.52. The zero-order chi connectivity index (χ0) is 15.8. The summed E-state index contributed by atoms with van der Waals surface area (Å²) in [6, 6.07) is 3.39. The standard InChI is InChI=1S/C15H21NO4S/c1-9-6-10(2)14(11(3)7-9)21(19,20)16-13-5-4-12(8-13)15(17)18/h6-7,12-13,16H,4-5,8H2,1-3H3,(H,17,18)/t12-,13+/m0/s1. The smallest absolute Gasteiger partial charge is 0.306 e. The minimum atomic E-state index is -3.61. The number of hydrogen-bond donors (Lipinski definition) is 2. The summed E-state index contributed by atoms with van der Waals surface area (Å²) in [5.41, 5.74) is 2.45. The maximum absolute atomic E-state index is 12.6. The van der Waals surface area contributed by atoms with Crippen LogP contribution in [0.25, 0.3) is 0 Å². The van der Waals surface area contributed by atoms with Gasteiger partial charge in [-0.15, -0.1) is 0 Å². The lowest BCUT2D eigenvalue weighted by Crippen LogP contribution is -2.34. The van der Waals surface area contributed by atoms with Crippen molar-refractivity contribution in [3.63, 3.8) is 0 Å². The molecule has 2 rings (SSSR count). The van der Waals surface area contributed by atoms with Gasteiger partial charge in [0.15, 0.2) is 0 Å². The van der Waals surface area contributed by atoms with E-state index in [2.05, 4.69) is 4.72 Å². The van der Waals surface area contributed by atoms with Crippen LogP contribution in [0.2, 0.25) is 0 Å². The van der Waals surface area contributed by atoms with Gasteiger partial charge in [0, 0.05) is 6.04 Å². The van der Waals surface area contributed by atoms with Gasteiger partial charge in [0.2, 0.25) is 10.0 Å². The van der Waals surface area contributed by atoms with Gasteiger partial charge < -0.3 is 5.11 Å². The van der Waals surface area contributed by atoms with Gasteiger partial charge in [0.25, 0.3) is 0 Å². The van der Waals surface area contributed by atoms with Crippen LogP contribution in [0, 0.1) is 26.7 Å². The lowest BCUT2D eigenvalue weighted by atomic mass is 10.1. The fourth-order valence-corrected chi connectivity index (χ4v) is 4.92. The maximum atomic E-state index is 12.6. The lowest BCUT2D eigenvalue weighted by molar-refractivity contribution is -0.141. The number of aliphatic carboxylic acids is 1. The van der Waals surface area contributed by atoms with E-state index in [4.69, 9.17) is 5.11 Å². The summed E-state index contributed by atoms with van der Waals surface area (Å²) in [7, 11) is -3.61. The molecule has 5 nitrogen and oxygen atoms in total. The second-order valence-corrected chi connectivity index (χ2v) is 7.55. The highest BCUT2D eigenvalue weighted by atomic mass is 32.2. The van der Waals surface area contributed by atoms with Gasteiger partial charge in [-0.2, -0.15) is 0 Å². The number of carbonyl (C=O) groups is 1. The lowest BCUT2D eigenvalue weighted by Gasteiger charge is -2.16. The monoisotopic (exact) mass is 311 g/mol. The van der Waals surface area contributed by atoms with Gasteiger partial charge in [0.1, 0.15) is 0 Å². The molecule has 21 heavy (non-hydrogen) atoms. The molecule has 0 radical (unpaired) electrons. The Kier molecular flexibility index (Phi) is 4.39. The van der Waals surface area contributed by atoms with Crippen molar-refractivity contribution in [1.82, 2.24) is 4.72 Å². The molecule has 2 atom stereocenters. The Hall–Kier alpha value is -1.40. The molecule has 0 unspecified atom stereocenters. The molecule has 1 fully saturated rings. The van der Waals surface area contributed by atoms with Gasteiger partial charge in [-0.3, -0.25) is 4.79 Å². The molecule has 0 aromatic heterocycles. The summed E-state index contributed by atoms with van der Waals surface area (Å²) < 4.78 is 27.8. The Bertz CT molecular complexity index is 643. The minimum Gasteiger partial charge on any atom is -0.481 e. The second kappa shape index (κ2) is 5.77. The van der Waals surface area contributed by atoms with E-state index in [1.54, 1.807) is 13.8 Å². The largest absolute Gasteiger partial charge is 0.481 e. The van der Waals surface area contributed by atoms with Gasteiger partial charge in [-0.25, -0.2) is 13.1 Å². The normalized spacial score (nSPS) is 22.4. The SMILES string of the molecule is Cc1cc(C)c(S(=O)(=O)N[C@@H]2CC[C@H](C(=O)O)C2)c(C)c1. The van der Waals surface area contributed by atoms with Gasteiger partial charge >= 0.3 is 5.97 Å². The van der Waals surface area contributed by atoms with Crippen molar-refractivity contribution in [3.8, 4) is 0 Å². The van der Waals surface area contributed by atoms with E-state index >= 15 is 0 Å². The Morgan fingerprint density at radius 3 is 2.24 bits per heavy atom. The summed E-state index contributed by atoms with van der Waals surface area (Å²) in [6.45, 7) is 5.49. The highest BCUT2D eigenvalue weighted by Gasteiger charge is 2.33. The highest BCUT2D eigenvalue weighted by molar-refractivity contribution is 7.89. The quantitative estimate of drug-likeness (QED) is 0.892. The third-order valence-corrected chi connectivity index (χ3v) is 5.80. The summed E-state index contributed by atoms with van der Waals surface area (Å²) in [6.07, 6.45) is 1.45. The number of nitrogens with one attached hydrogen (secondary N) is 1. The third kappa shape index (κ3) is 3.44. The van der Waals surface area contributed by atoms with Crippen LogP contribution in [0.15, 0.2) is 17.0 Å². The molecule has 0 saturated heterocycles. The van der Waals surface area contributed by atoms with Crippen molar-refractivity contribution in [2.75, 3.05) is 0 Å². The van der Waals surface area contributed by atoms with Crippen molar-refractivity contribution >= 4 is 16.0 Å². The first kappa shape index (κ1) is 16.0. The van der Waals surface area contributed by atoms with E-state index < -0.39 is 21.9 Å². The summed E-state index contributed by atoms with van der Waals surface area (Å²) in [4.78, 5) is 11.3. The zero-order valence-electron chi connectivity index (χ0n) is 12.5. The van der Waals surface area contributed by atoms with E-state index in [1.807, 2.05) is 19.1 Å². The van der Waals surface area contributed by atoms with Crippen molar-refractivity contribution < 1.29 is 18.3 Å². The fourth-order valence-electron chi connectivity index (χ4n) is 3.18. The van der Waals surface area contributed by atoms with E-state index in [0.717, 1.165) is 5.56 Å². The molecule has 0 amide bonds.